The Morgan fingerprint density at radius 1 is 1.37 bits per heavy atom. The highest BCUT2D eigenvalue weighted by molar-refractivity contribution is 5.77. The number of nitriles is 2. The molecule has 19 heavy (non-hydrogen) atoms. The van der Waals surface area contributed by atoms with Crippen LogP contribution in [-0.4, -0.2) is 4.98 Å². The fourth-order valence-corrected chi connectivity index (χ4v) is 1.53. The fourth-order valence-electron chi connectivity index (χ4n) is 1.53. The number of hydrogen-bond acceptors (Lipinski definition) is 5. The van der Waals surface area contributed by atoms with E-state index >= 15 is 0 Å². The van der Waals surface area contributed by atoms with Gasteiger partial charge in [-0.2, -0.15) is 10.5 Å². The van der Waals surface area contributed by atoms with Crippen LogP contribution in [-0.2, 0) is 0 Å². The molecule has 1 N–H and O–H groups in total. The molecule has 1 aromatic heterocycles. The summed E-state index contributed by atoms with van der Waals surface area (Å²) in [6.07, 6.45) is 1.37. The lowest BCUT2D eigenvalue weighted by molar-refractivity contribution is 0.501. The summed E-state index contributed by atoms with van der Waals surface area (Å²) in [5, 5.41) is 20.2. The Labute approximate surface area is 110 Å². The van der Waals surface area contributed by atoms with Gasteiger partial charge in [-0.05, 0) is 18.2 Å². The molecule has 0 aliphatic heterocycles. The number of oxazole rings is 1. The van der Waals surface area contributed by atoms with Gasteiger partial charge in [-0.15, -0.1) is 0 Å². The van der Waals surface area contributed by atoms with E-state index in [2.05, 4.69) is 10.3 Å². The average molecular weight is 252 g/mol. The van der Waals surface area contributed by atoms with Crippen LogP contribution in [0.3, 0.4) is 0 Å². The van der Waals surface area contributed by atoms with E-state index in [1.807, 2.05) is 26.0 Å². The van der Waals surface area contributed by atoms with Gasteiger partial charge in [-0.3, -0.25) is 0 Å². The van der Waals surface area contributed by atoms with E-state index in [1.165, 1.54) is 6.20 Å². The molecule has 0 aliphatic rings. The Hall–Kier alpha value is -2.79. The minimum Gasteiger partial charge on any atom is -0.440 e. The summed E-state index contributed by atoms with van der Waals surface area (Å²) in [7, 11) is 0. The van der Waals surface area contributed by atoms with Gasteiger partial charge < -0.3 is 9.73 Å². The molecule has 5 nitrogen and oxygen atoms in total. The third-order valence-corrected chi connectivity index (χ3v) is 2.52. The summed E-state index contributed by atoms with van der Waals surface area (Å²) in [4.78, 5) is 4.38. The lowest BCUT2D eigenvalue weighted by Crippen LogP contribution is -1.89. The highest BCUT2D eigenvalue weighted by Gasteiger charge is 2.09. The van der Waals surface area contributed by atoms with Crippen LogP contribution in [0.15, 0.2) is 34.4 Å². The maximum absolute atomic E-state index is 8.63. The highest BCUT2D eigenvalue weighted by atomic mass is 16.3. The zero-order valence-corrected chi connectivity index (χ0v) is 10.6. The van der Waals surface area contributed by atoms with Gasteiger partial charge in [0.1, 0.15) is 23.2 Å². The van der Waals surface area contributed by atoms with Crippen LogP contribution in [0.4, 0.5) is 5.69 Å². The standard InChI is InChI=1S/C14H12N4O/c1-9(2)14-18-12-5-11(3-4-13(12)19-14)17-8-10(6-15)7-16/h3-5,8-9,17H,1-2H3. The molecule has 2 rings (SSSR count). The Morgan fingerprint density at radius 3 is 2.74 bits per heavy atom. The predicted octanol–water partition coefficient (Wildman–Crippen LogP) is 3.29. The zero-order valence-electron chi connectivity index (χ0n) is 10.6. The fraction of sp³-hybridized carbons (Fsp3) is 0.214. The topological polar surface area (TPSA) is 85.6 Å². The van der Waals surface area contributed by atoms with Crippen LogP contribution in [0, 0.1) is 22.7 Å². The molecule has 0 atom stereocenters. The largest absolute Gasteiger partial charge is 0.440 e. The van der Waals surface area contributed by atoms with Crippen molar-refractivity contribution in [1.82, 2.24) is 4.98 Å². The molecule has 1 aromatic carbocycles. The molecule has 94 valence electrons. The molecule has 1 heterocycles. The lowest BCUT2D eigenvalue weighted by atomic mass is 10.2. The second-order valence-corrected chi connectivity index (χ2v) is 4.32. The number of aromatic nitrogens is 1. The molecular formula is C14H12N4O. The first-order chi connectivity index (χ1) is 9.13. The minimum atomic E-state index is 0.0168. The number of fused-ring (bicyclic) bond motifs is 1. The summed E-state index contributed by atoms with van der Waals surface area (Å²) >= 11 is 0. The Morgan fingerprint density at radius 2 is 2.11 bits per heavy atom. The molecule has 2 aromatic rings. The third-order valence-electron chi connectivity index (χ3n) is 2.52. The van der Waals surface area contributed by atoms with Crippen molar-refractivity contribution in [1.29, 1.82) is 10.5 Å². The predicted molar refractivity (Wildman–Crippen MR) is 71.0 cm³/mol. The van der Waals surface area contributed by atoms with E-state index in [0.717, 1.165) is 16.8 Å². The number of nitrogens with zero attached hydrogens (tertiary/aromatic N) is 3. The maximum Gasteiger partial charge on any atom is 0.198 e. The highest BCUT2D eigenvalue weighted by Crippen LogP contribution is 2.23. The first-order valence-corrected chi connectivity index (χ1v) is 5.81. The van der Waals surface area contributed by atoms with Gasteiger partial charge in [0.05, 0.1) is 0 Å². The van der Waals surface area contributed by atoms with Crippen molar-refractivity contribution in [3.63, 3.8) is 0 Å². The van der Waals surface area contributed by atoms with Crippen molar-refractivity contribution >= 4 is 16.8 Å². The van der Waals surface area contributed by atoms with Crippen LogP contribution >= 0.6 is 0 Å². The number of benzene rings is 1. The van der Waals surface area contributed by atoms with Gasteiger partial charge in [-0.25, -0.2) is 4.98 Å². The van der Waals surface area contributed by atoms with Gasteiger partial charge >= 0.3 is 0 Å². The molecular weight excluding hydrogens is 240 g/mol. The van der Waals surface area contributed by atoms with Gasteiger partial charge in [-0.1, -0.05) is 13.8 Å². The molecule has 0 spiro atoms. The summed E-state index contributed by atoms with van der Waals surface area (Å²) in [6.45, 7) is 4.03. The van der Waals surface area contributed by atoms with Crippen LogP contribution < -0.4 is 5.32 Å². The molecule has 0 saturated carbocycles. The van der Waals surface area contributed by atoms with Gasteiger partial charge in [0.25, 0.3) is 0 Å². The van der Waals surface area contributed by atoms with Crippen LogP contribution in [0.1, 0.15) is 25.7 Å². The molecule has 0 unspecified atom stereocenters. The van der Waals surface area contributed by atoms with Gasteiger partial charge in [0.15, 0.2) is 11.5 Å². The number of anilines is 1. The van der Waals surface area contributed by atoms with E-state index in [4.69, 9.17) is 14.9 Å². The summed E-state index contributed by atoms with van der Waals surface area (Å²) in [5.41, 5.74) is 2.24. The molecule has 0 bridgehead atoms. The van der Waals surface area contributed by atoms with E-state index in [-0.39, 0.29) is 11.5 Å². The quantitative estimate of drug-likeness (QED) is 0.847. The van der Waals surface area contributed by atoms with Crippen molar-refractivity contribution in [2.75, 3.05) is 5.32 Å². The first kappa shape index (κ1) is 12.7. The second-order valence-electron chi connectivity index (χ2n) is 4.32. The summed E-state index contributed by atoms with van der Waals surface area (Å²) in [6, 6.07) is 8.99. The monoisotopic (exact) mass is 252 g/mol. The number of rotatable bonds is 3. The van der Waals surface area contributed by atoms with Gasteiger partial charge in [0.2, 0.25) is 0 Å². The Bertz CT molecular complexity index is 697. The molecule has 0 aliphatic carbocycles. The molecule has 0 radical (unpaired) electrons. The Kier molecular flexibility index (Phi) is 3.49. The molecule has 0 saturated heterocycles. The first-order valence-electron chi connectivity index (χ1n) is 5.81. The van der Waals surface area contributed by atoms with Crippen molar-refractivity contribution in [2.24, 2.45) is 0 Å². The molecule has 5 heteroatoms. The molecule has 0 fully saturated rings. The van der Waals surface area contributed by atoms with Gasteiger partial charge in [0, 0.05) is 17.8 Å². The number of nitrogens with one attached hydrogen (secondary N) is 1. The SMILES string of the molecule is CC(C)c1nc2cc(NC=C(C#N)C#N)ccc2o1. The smallest absolute Gasteiger partial charge is 0.198 e. The normalized spacial score (nSPS) is 9.95. The van der Waals surface area contributed by atoms with E-state index in [0.29, 0.717) is 5.89 Å². The van der Waals surface area contributed by atoms with E-state index < -0.39 is 0 Å². The van der Waals surface area contributed by atoms with Crippen LogP contribution in [0.5, 0.6) is 0 Å². The molecule has 0 amide bonds. The number of allylic oxidation sites excluding steroid dienone is 1. The number of hydrogen-bond donors (Lipinski definition) is 1. The van der Waals surface area contributed by atoms with Crippen molar-refractivity contribution in [3.05, 3.63) is 35.9 Å². The lowest BCUT2D eigenvalue weighted by Gasteiger charge is -1.98. The third kappa shape index (κ3) is 2.72. The van der Waals surface area contributed by atoms with Crippen molar-refractivity contribution < 1.29 is 4.42 Å². The average Bonchev–Trinajstić information content (AvgIpc) is 2.83. The maximum atomic E-state index is 8.63. The van der Waals surface area contributed by atoms with E-state index in [9.17, 15) is 0 Å². The summed E-state index contributed by atoms with van der Waals surface area (Å²) < 4.78 is 5.59. The van der Waals surface area contributed by atoms with Crippen LogP contribution in [0.2, 0.25) is 0 Å². The van der Waals surface area contributed by atoms with E-state index in [1.54, 1.807) is 18.2 Å². The summed E-state index contributed by atoms with van der Waals surface area (Å²) in [5.74, 6) is 0.921. The Balaban J connectivity index is 2.30. The zero-order chi connectivity index (χ0) is 13.8. The van der Waals surface area contributed by atoms with Crippen molar-refractivity contribution in [3.8, 4) is 12.1 Å². The van der Waals surface area contributed by atoms with Crippen molar-refractivity contribution in [2.45, 2.75) is 19.8 Å². The van der Waals surface area contributed by atoms with Crippen LogP contribution in [0.25, 0.3) is 11.1 Å². The second kappa shape index (κ2) is 5.24. The minimum absolute atomic E-state index is 0.0168.